The van der Waals surface area contributed by atoms with Gasteiger partial charge in [-0.1, -0.05) is 49.7 Å². The van der Waals surface area contributed by atoms with Crippen molar-refractivity contribution in [2.45, 2.75) is 32.6 Å². The van der Waals surface area contributed by atoms with Gasteiger partial charge in [-0.15, -0.1) is 0 Å². The number of hydrogen-bond donors (Lipinski definition) is 3. The molecule has 0 fully saturated rings. The molecule has 0 radical (unpaired) electrons. The number of amides is 2. The van der Waals surface area contributed by atoms with E-state index < -0.39 is 0 Å². The molecule has 0 bridgehead atoms. The van der Waals surface area contributed by atoms with Crippen LogP contribution in [0, 0.1) is 0 Å². The van der Waals surface area contributed by atoms with Gasteiger partial charge in [-0.25, -0.2) is 0 Å². The number of ether oxygens (including phenoxy) is 1. The van der Waals surface area contributed by atoms with Crippen LogP contribution in [0.3, 0.4) is 0 Å². The summed E-state index contributed by atoms with van der Waals surface area (Å²) in [5.74, 6) is 0.582. The van der Waals surface area contributed by atoms with Gasteiger partial charge in [-0.2, -0.15) is 0 Å². The molecular weight excluding hydrogens is 414 g/mol. The molecule has 0 heterocycles. The summed E-state index contributed by atoms with van der Waals surface area (Å²) in [5.41, 5.74) is 3.24. The first kappa shape index (κ1) is 23.9. The van der Waals surface area contributed by atoms with Crippen molar-refractivity contribution < 1.29 is 14.3 Å². The smallest absolute Gasteiger partial charge is 0.243 e. The van der Waals surface area contributed by atoms with Gasteiger partial charge < -0.3 is 20.7 Å². The maximum Gasteiger partial charge on any atom is 0.243 e. The Bertz CT molecular complexity index is 1020. The second-order valence-electron chi connectivity index (χ2n) is 7.74. The third kappa shape index (κ3) is 8.69. The average molecular weight is 446 g/mol. The van der Waals surface area contributed by atoms with E-state index in [1.165, 1.54) is 0 Å². The van der Waals surface area contributed by atoms with Crippen molar-refractivity contribution >= 4 is 28.9 Å². The molecule has 6 nitrogen and oxygen atoms in total. The van der Waals surface area contributed by atoms with Crippen LogP contribution in [0.2, 0.25) is 0 Å². The quantitative estimate of drug-likeness (QED) is 0.322. The topological polar surface area (TPSA) is 79.5 Å². The number of aryl methyl sites for hydroxylation is 1. The Labute approximate surface area is 195 Å². The number of anilines is 3. The minimum absolute atomic E-state index is 0.0638. The predicted octanol–water partition coefficient (Wildman–Crippen LogP) is 5.49. The lowest BCUT2D eigenvalue weighted by molar-refractivity contribution is -0.116. The maximum absolute atomic E-state index is 12.3. The average Bonchev–Trinajstić information content (AvgIpc) is 2.83. The number of unbranched alkanes of at least 4 members (excludes halogenated alkanes) is 1. The van der Waals surface area contributed by atoms with Crippen LogP contribution in [-0.2, 0) is 16.0 Å². The standard InChI is InChI=1S/C27H31N3O3/c1-2-3-18-33-25-15-13-22(14-16-25)28-20-27(32)30-24-11-7-10-23(19-24)29-26(31)17-12-21-8-5-4-6-9-21/h4-11,13-16,19,28H,2-3,12,17-18,20H2,1H3,(H,29,31)(H,30,32). The molecule has 0 spiro atoms. The monoisotopic (exact) mass is 445 g/mol. The van der Waals surface area contributed by atoms with Crippen LogP contribution >= 0.6 is 0 Å². The summed E-state index contributed by atoms with van der Waals surface area (Å²) < 4.78 is 5.65. The van der Waals surface area contributed by atoms with Crippen molar-refractivity contribution in [3.8, 4) is 5.75 Å². The Morgan fingerprint density at radius 2 is 1.48 bits per heavy atom. The van der Waals surface area contributed by atoms with Crippen molar-refractivity contribution in [2.75, 3.05) is 29.1 Å². The van der Waals surface area contributed by atoms with E-state index in [-0.39, 0.29) is 18.4 Å². The fraction of sp³-hybridized carbons (Fsp3) is 0.259. The molecule has 0 aliphatic carbocycles. The Morgan fingerprint density at radius 1 is 0.788 bits per heavy atom. The van der Waals surface area contributed by atoms with Gasteiger partial charge in [-0.3, -0.25) is 9.59 Å². The minimum atomic E-state index is -0.175. The highest BCUT2D eigenvalue weighted by Crippen LogP contribution is 2.17. The fourth-order valence-electron chi connectivity index (χ4n) is 3.19. The molecule has 3 aromatic carbocycles. The lowest BCUT2D eigenvalue weighted by Gasteiger charge is -2.11. The highest BCUT2D eigenvalue weighted by atomic mass is 16.5. The van der Waals surface area contributed by atoms with Gasteiger partial charge in [0.05, 0.1) is 13.2 Å². The second kappa shape index (κ2) is 12.9. The van der Waals surface area contributed by atoms with Crippen LogP contribution < -0.4 is 20.7 Å². The summed E-state index contributed by atoms with van der Waals surface area (Å²) >= 11 is 0. The molecule has 0 saturated heterocycles. The third-order valence-corrected chi connectivity index (χ3v) is 4.99. The van der Waals surface area contributed by atoms with Gasteiger partial charge >= 0.3 is 0 Å². The fourth-order valence-corrected chi connectivity index (χ4v) is 3.19. The molecular formula is C27H31N3O3. The largest absolute Gasteiger partial charge is 0.494 e. The maximum atomic E-state index is 12.3. The van der Waals surface area contributed by atoms with Crippen molar-refractivity contribution in [3.05, 3.63) is 84.4 Å². The summed E-state index contributed by atoms with van der Waals surface area (Å²) in [4.78, 5) is 24.6. The van der Waals surface area contributed by atoms with E-state index in [0.29, 0.717) is 30.8 Å². The summed E-state index contributed by atoms with van der Waals surface area (Å²) in [6, 6.07) is 24.6. The van der Waals surface area contributed by atoms with Crippen molar-refractivity contribution in [2.24, 2.45) is 0 Å². The zero-order chi connectivity index (χ0) is 23.3. The van der Waals surface area contributed by atoms with Gasteiger partial charge in [0.1, 0.15) is 5.75 Å². The summed E-state index contributed by atoms with van der Waals surface area (Å²) in [5, 5.41) is 8.84. The van der Waals surface area contributed by atoms with Crippen LogP contribution in [0.25, 0.3) is 0 Å². The summed E-state index contributed by atoms with van der Waals surface area (Å²) in [6.45, 7) is 2.96. The lowest BCUT2D eigenvalue weighted by Crippen LogP contribution is -2.21. The Balaban J connectivity index is 1.42. The van der Waals surface area contributed by atoms with E-state index in [9.17, 15) is 9.59 Å². The molecule has 0 unspecified atom stereocenters. The highest BCUT2D eigenvalue weighted by molar-refractivity contribution is 5.95. The number of benzene rings is 3. The Kier molecular flexibility index (Phi) is 9.33. The van der Waals surface area contributed by atoms with E-state index in [1.807, 2.05) is 54.6 Å². The molecule has 3 aromatic rings. The van der Waals surface area contributed by atoms with Gasteiger partial charge in [0, 0.05) is 23.5 Å². The Morgan fingerprint density at radius 3 is 2.18 bits per heavy atom. The van der Waals surface area contributed by atoms with E-state index >= 15 is 0 Å². The second-order valence-corrected chi connectivity index (χ2v) is 7.74. The van der Waals surface area contributed by atoms with E-state index in [4.69, 9.17) is 4.74 Å². The molecule has 6 heteroatoms. The molecule has 0 saturated carbocycles. The summed E-state index contributed by atoms with van der Waals surface area (Å²) in [7, 11) is 0. The molecule has 2 amide bonds. The minimum Gasteiger partial charge on any atom is -0.494 e. The molecule has 0 aliphatic rings. The van der Waals surface area contributed by atoms with Gasteiger partial charge in [-0.05, 0) is 60.9 Å². The number of nitrogens with one attached hydrogen (secondary N) is 3. The predicted molar refractivity (Wildman–Crippen MR) is 134 cm³/mol. The van der Waals surface area contributed by atoms with Crippen molar-refractivity contribution in [1.29, 1.82) is 0 Å². The van der Waals surface area contributed by atoms with E-state index in [2.05, 4.69) is 22.9 Å². The first-order valence-corrected chi connectivity index (χ1v) is 11.3. The zero-order valence-corrected chi connectivity index (χ0v) is 19.0. The SMILES string of the molecule is CCCCOc1ccc(NCC(=O)Nc2cccc(NC(=O)CCc3ccccc3)c2)cc1. The molecule has 0 aromatic heterocycles. The van der Waals surface area contributed by atoms with Crippen molar-refractivity contribution in [1.82, 2.24) is 0 Å². The number of hydrogen-bond acceptors (Lipinski definition) is 4. The molecule has 33 heavy (non-hydrogen) atoms. The van der Waals surface area contributed by atoms with Crippen LogP contribution in [0.15, 0.2) is 78.9 Å². The van der Waals surface area contributed by atoms with Crippen LogP contribution in [0.4, 0.5) is 17.1 Å². The third-order valence-electron chi connectivity index (χ3n) is 4.99. The van der Waals surface area contributed by atoms with Gasteiger partial charge in [0.15, 0.2) is 0 Å². The first-order valence-electron chi connectivity index (χ1n) is 11.3. The zero-order valence-electron chi connectivity index (χ0n) is 19.0. The van der Waals surface area contributed by atoms with Crippen molar-refractivity contribution in [3.63, 3.8) is 0 Å². The number of carbonyl (C=O) groups excluding carboxylic acids is 2. The molecule has 0 atom stereocenters. The van der Waals surface area contributed by atoms with E-state index in [1.54, 1.807) is 24.3 Å². The van der Waals surface area contributed by atoms with Gasteiger partial charge in [0.25, 0.3) is 0 Å². The number of carbonyl (C=O) groups is 2. The first-order chi connectivity index (χ1) is 16.1. The van der Waals surface area contributed by atoms with Crippen LogP contribution in [0.5, 0.6) is 5.75 Å². The molecule has 172 valence electrons. The number of rotatable bonds is 12. The molecule has 3 rings (SSSR count). The molecule has 3 N–H and O–H groups in total. The highest BCUT2D eigenvalue weighted by Gasteiger charge is 2.06. The van der Waals surface area contributed by atoms with Gasteiger partial charge in [0.2, 0.25) is 11.8 Å². The summed E-state index contributed by atoms with van der Waals surface area (Å²) in [6.07, 6.45) is 3.20. The normalized spacial score (nSPS) is 10.3. The van der Waals surface area contributed by atoms with Crippen LogP contribution in [0.1, 0.15) is 31.7 Å². The lowest BCUT2D eigenvalue weighted by atomic mass is 10.1. The molecule has 0 aliphatic heterocycles. The Hall–Kier alpha value is -3.80. The van der Waals surface area contributed by atoms with Crippen LogP contribution in [-0.4, -0.2) is 25.0 Å². The van der Waals surface area contributed by atoms with E-state index in [0.717, 1.165) is 29.8 Å².